The fourth-order valence-electron chi connectivity index (χ4n) is 2.22. The zero-order chi connectivity index (χ0) is 14.5. The number of nitrogens with zero attached hydrogens (tertiary/aromatic N) is 4. The van der Waals surface area contributed by atoms with Crippen LogP contribution >= 0.6 is 0 Å². The standard InChI is InChI=1S/C13H21N5O2/c1-3-11-4-5-12(15-18(11)14)17-8-6-16(7-9-17)10-13(19)20-2/h3-5H,6-10,14H2,1-2H3/b11-3+. The lowest BCUT2D eigenvalue weighted by atomic mass is 10.2. The highest BCUT2D eigenvalue weighted by molar-refractivity contribution is 5.94. The van der Waals surface area contributed by atoms with Crippen molar-refractivity contribution in [3.8, 4) is 0 Å². The molecule has 7 heteroatoms. The lowest BCUT2D eigenvalue weighted by Crippen LogP contribution is -2.50. The molecule has 0 aromatic rings. The van der Waals surface area contributed by atoms with Crippen LogP contribution in [0.2, 0.25) is 0 Å². The van der Waals surface area contributed by atoms with Crippen molar-refractivity contribution in [1.82, 2.24) is 14.9 Å². The minimum atomic E-state index is -0.195. The number of nitrogens with two attached hydrogens (primary N) is 1. The first-order valence-corrected chi connectivity index (χ1v) is 6.66. The number of methoxy groups -OCH3 is 1. The lowest BCUT2D eigenvalue weighted by Gasteiger charge is -2.36. The van der Waals surface area contributed by atoms with E-state index in [1.807, 2.05) is 25.2 Å². The van der Waals surface area contributed by atoms with Crippen LogP contribution < -0.4 is 5.84 Å². The molecule has 0 amide bonds. The van der Waals surface area contributed by atoms with Crippen LogP contribution in [0.15, 0.2) is 29.0 Å². The molecule has 2 heterocycles. The number of carbonyl (C=O) groups excluding carboxylic acids is 1. The average Bonchev–Trinajstić information content (AvgIpc) is 2.47. The highest BCUT2D eigenvalue weighted by Crippen LogP contribution is 2.12. The van der Waals surface area contributed by atoms with E-state index in [2.05, 4.69) is 19.6 Å². The summed E-state index contributed by atoms with van der Waals surface area (Å²) < 4.78 is 4.68. The maximum atomic E-state index is 11.2. The van der Waals surface area contributed by atoms with E-state index in [1.54, 1.807) is 0 Å². The van der Waals surface area contributed by atoms with E-state index in [0.717, 1.165) is 37.7 Å². The number of rotatable bonds is 2. The van der Waals surface area contributed by atoms with E-state index >= 15 is 0 Å². The largest absolute Gasteiger partial charge is 0.468 e. The van der Waals surface area contributed by atoms with Gasteiger partial charge in [-0.05, 0) is 19.1 Å². The van der Waals surface area contributed by atoms with Gasteiger partial charge in [-0.3, -0.25) is 9.69 Å². The summed E-state index contributed by atoms with van der Waals surface area (Å²) in [6.45, 7) is 5.52. The summed E-state index contributed by atoms with van der Waals surface area (Å²) >= 11 is 0. The normalized spacial score (nSPS) is 22.1. The van der Waals surface area contributed by atoms with Gasteiger partial charge >= 0.3 is 5.97 Å². The minimum absolute atomic E-state index is 0.195. The number of piperazine rings is 1. The van der Waals surface area contributed by atoms with E-state index in [1.165, 1.54) is 12.2 Å². The minimum Gasteiger partial charge on any atom is -0.468 e. The number of hydrogen-bond acceptors (Lipinski definition) is 7. The van der Waals surface area contributed by atoms with Crippen molar-refractivity contribution in [2.45, 2.75) is 6.92 Å². The molecule has 0 aromatic carbocycles. The topological polar surface area (TPSA) is 74.4 Å². The number of hydrazine groups is 1. The molecule has 0 aromatic heterocycles. The second-order valence-corrected chi connectivity index (χ2v) is 4.69. The van der Waals surface area contributed by atoms with E-state index in [4.69, 9.17) is 5.84 Å². The second kappa shape index (κ2) is 6.53. The number of hydrazone groups is 1. The first-order chi connectivity index (χ1) is 9.63. The summed E-state index contributed by atoms with van der Waals surface area (Å²) in [6.07, 6.45) is 5.82. The van der Waals surface area contributed by atoms with Crippen molar-refractivity contribution < 1.29 is 9.53 Å². The van der Waals surface area contributed by atoms with Crippen molar-refractivity contribution >= 4 is 11.8 Å². The van der Waals surface area contributed by atoms with E-state index in [-0.39, 0.29) is 5.97 Å². The van der Waals surface area contributed by atoms with Gasteiger partial charge in [0.2, 0.25) is 0 Å². The summed E-state index contributed by atoms with van der Waals surface area (Å²) in [5.74, 6) is 6.49. The van der Waals surface area contributed by atoms with Crippen molar-refractivity contribution in [2.24, 2.45) is 10.9 Å². The van der Waals surface area contributed by atoms with Crippen LogP contribution in [-0.2, 0) is 9.53 Å². The molecule has 0 saturated carbocycles. The van der Waals surface area contributed by atoms with E-state index in [0.29, 0.717) is 6.54 Å². The van der Waals surface area contributed by atoms with Crippen LogP contribution in [-0.4, -0.2) is 66.6 Å². The molecule has 7 nitrogen and oxygen atoms in total. The highest BCUT2D eigenvalue weighted by Gasteiger charge is 2.22. The number of amidine groups is 1. The Morgan fingerprint density at radius 2 is 2.10 bits per heavy atom. The highest BCUT2D eigenvalue weighted by atomic mass is 16.5. The summed E-state index contributed by atoms with van der Waals surface area (Å²) in [6, 6.07) is 0. The van der Waals surface area contributed by atoms with Crippen molar-refractivity contribution in [3.05, 3.63) is 23.9 Å². The molecule has 0 radical (unpaired) electrons. The predicted octanol–water partition coefficient (Wildman–Crippen LogP) is -0.260. The lowest BCUT2D eigenvalue weighted by molar-refractivity contribution is -0.142. The molecular formula is C13H21N5O2. The fourth-order valence-corrected chi connectivity index (χ4v) is 2.22. The van der Waals surface area contributed by atoms with Gasteiger partial charge in [-0.25, -0.2) is 5.84 Å². The van der Waals surface area contributed by atoms with Crippen LogP contribution in [0.1, 0.15) is 6.92 Å². The van der Waals surface area contributed by atoms with Crippen molar-refractivity contribution in [1.29, 1.82) is 0 Å². The molecule has 0 spiro atoms. The van der Waals surface area contributed by atoms with Gasteiger partial charge in [-0.15, -0.1) is 5.10 Å². The molecular weight excluding hydrogens is 258 g/mol. The Hall–Kier alpha value is -1.86. The maximum absolute atomic E-state index is 11.2. The molecule has 2 aliphatic heterocycles. The maximum Gasteiger partial charge on any atom is 0.319 e. The Balaban J connectivity index is 1.89. The van der Waals surface area contributed by atoms with Crippen LogP contribution in [0.4, 0.5) is 0 Å². The van der Waals surface area contributed by atoms with Gasteiger partial charge in [0.1, 0.15) is 0 Å². The molecule has 1 fully saturated rings. The van der Waals surface area contributed by atoms with E-state index < -0.39 is 0 Å². The molecule has 2 aliphatic rings. The fraction of sp³-hybridized carbons (Fsp3) is 0.538. The van der Waals surface area contributed by atoms with Gasteiger partial charge < -0.3 is 9.64 Å². The van der Waals surface area contributed by atoms with Gasteiger partial charge in [0.15, 0.2) is 5.84 Å². The zero-order valence-corrected chi connectivity index (χ0v) is 12.0. The van der Waals surface area contributed by atoms with Gasteiger partial charge in [-0.2, -0.15) is 5.12 Å². The van der Waals surface area contributed by atoms with Gasteiger partial charge in [-0.1, -0.05) is 6.08 Å². The predicted molar refractivity (Wildman–Crippen MR) is 76.4 cm³/mol. The summed E-state index contributed by atoms with van der Waals surface area (Å²) in [5, 5.41) is 5.73. The van der Waals surface area contributed by atoms with Crippen molar-refractivity contribution in [2.75, 3.05) is 39.8 Å². The van der Waals surface area contributed by atoms with E-state index in [9.17, 15) is 4.79 Å². The third-order valence-corrected chi connectivity index (χ3v) is 3.45. The summed E-state index contributed by atoms with van der Waals surface area (Å²) in [4.78, 5) is 15.5. The number of ether oxygens (including phenoxy) is 1. The van der Waals surface area contributed by atoms with Crippen LogP contribution in [0.3, 0.4) is 0 Å². The second-order valence-electron chi connectivity index (χ2n) is 4.69. The number of hydrogen-bond donors (Lipinski definition) is 1. The number of carbonyl (C=O) groups is 1. The Kier molecular flexibility index (Phi) is 4.75. The van der Waals surface area contributed by atoms with Gasteiger partial charge in [0.05, 0.1) is 19.4 Å². The molecule has 1 saturated heterocycles. The molecule has 0 bridgehead atoms. The Labute approximate surface area is 118 Å². The molecule has 20 heavy (non-hydrogen) atoms. The molecule has 110 valence electrons. The van der Waals surface area contributed by atoms with Crippen LogP contribution in [0.25, 0.3) is 0 Å². The van der Waals surface area contributed by atoms with Crippen LogP contribution in [0, 0.1) is 0 Å². The molecule has 2 N–H and O–H groups in total. The monoisotopic (exact) mass is 279 g/mol. The molecule has 2 rings (SSSR count). The Bertz CT molecular complexity index is 450. The van der Waals surface area contributed by atoms with Gasteiger partial charge in [0.25, 0.3) is 0 Å². The van der Waals surface area contributed by atoms with Crippen LogP contribution in [0.5, 0.6) is 0 Å². The molecule has 0 unspecified atom stereocenters. The first kappa shape index (κ1) is 14.5. The Morgan fingerprint density at radius 1 is 1.40 bits per heavy atom. The third kappa shape index (κ3) is 3.37. The van der Waals surface area contributed by atoms with Crippen molar-refractivity contribution in [3.63, 3.8) is 0 Å². The zero-order valence-electron chi connectivity index (χ0n) is 12.0. The smallest absolute Gasteiger partial charge is 0.319 e. The number of esters is 1. The third-order valence-electron chi connectivity index (χ3n) is 3.45. The first-order valence-electron chi connectivity index (χ1n) is 6.66. The molecule has 0 aliphatic carbocycles. The Morgan fingerprint density at radius 3 is 2.65 bits per heavy atom. The summed E-state index contributed by atoms with van der Waals surface area (Å²) in [5.41, 5.74) is 0.873. The number of allylic oxidation sites excluding steroid dienone is 2. The van der Waals surface area contributed by atoms with Gasteiger partial charge in [0, 0.05) is 26.2 Å². The molecule has 0 atom stereocenters. The summed E-state index contributed by atoms with van der Waals surface area (Å²) in [7, 11) is 1.41. The quantitative estimate of drug-likeness (QED) is 0.554. The SMILES string of the molecule is C/C=C1\C=CC(N2CCN(CC(=O)OC)CC2)=NN1N. The average molecular weight is 279 g/mol.